The summed E-state index contributed by atoms with van der Waals surface area (Å²) in [6.45, 7) is 0.396. The zero-order valence-corrected chi connectivity index (χ0v) is 21.9. The molecule has 190 valence electrons. The Labute approximate surface area is 217 Å². The molecule has 0 spiro atoms. The number of halogens is 2. The van der Waals surface area contributed by atoms with Gasteiger partial charge in [-0.1, -0.05) is 41.1 Å². The van der Waals surface area contributed by atoms with E-state index in [9.17, 15) is 22.4 Å². The molecular formula is C24H23ClFN3O5S2. The van der Waals surface area contributed by atoms with E-state index in [0.717, 1.165) is 17.4 Å². The Kier molecular flexibility index (Phi) is 7.74. The van der Waals surface area contributed by atoms with Crippen molar-refractivity contribution in [2.45, 2.75) is 17.7 Å². The number of likely N-dealkylation sites (N-methyl/N-ethyl adjacent to an activating group) is 1. The molecule has 0 saturated carbocycles. The summed E-state index contributed by atoms with van der Waals surface area (Å²) in [6.07, 6.45) is 0.198. The number of carbonyl (C=O) groups excluding carboxylic acids is 2. The first-order valence-corrected chi connectivity index (χ1v) is 13.8. The number of sulfone groups is 1. The van der Waals surface area contributed by atoms with Crippen LogP contribution in [0.5, 0.6) is 0 Å². The molecule has 0 fully saturated rings. The summed E-state index contributed by atoms with van der Waals surface area (Å²) in [6, 6.07) is 10.6. The van der Waals surface area contributed by atoms with Crippen LogP contribution in [-0.2, 0) is 32.2 Å². The zero-order chi connectivity index (χ0) is 26.0. The maximum absolute atomic E-state index is 14.7. The molecule has 1 aliphatic heterocycles. The van der Waals surface area contributed by atoms with Gasteiger partial charge in [-0.25, -0.2) is 17.8 Å². The third kappa shape index (κ3) is 5.29. The van der Waals surface area contributed by atoms with Crippen molar-refractivity contribution in [1.82, 2.24) is 4.98 Å². The molecule has 0 bridgehead atoms. The number of hydrogen-bond acceptors (Lipinski definition) is 7. The van der Waals surface area contributed by atoms with E-state index in [1.54, 1.807) is 29.2 Å². The second kappa shape index (κ2) is 10.6. The quantitative estimate of drug-likeness (QED) is 0.423. The first-order chi connectivity index (χ1) is 17.1. The highest BCUT2D eigenvalue weighted by molar-refractivity contribution is 7.91. The average Bonchev–Trinajstić information content (AvgIpc) is 3.29. The molecular weight excluding hydrogens is 529 g/mol. The molecule has 36 heavy (non-hydrogen) atoms. The lowest BCUT2D eigenvalue weighted by Gasteiger charge is -2.26. The summed E-state index contributed by atoms with van der Waals surface area (Å²) in [4.78, 5) is 33.6. The smallest absolute Gasteiger partial charge is 0.270 e. The number of nitrogens with zero attached hydrogens (tertiary/aromatic N) is 3. The van der Waals surface area contributed by atoms with Crippen LogP contribution in [0.25, 0.3) is 0 Å². The second-order valence-electron chi connectivity index (χ2n) is 8.12. The van der Waals surface area contributed by atoms with Crippen molar-refractivity contribution in [2.75, 3.05) is 42.9 Å². The van der Waals surface area contributed by atoms with E-state index >= 15 is 0 Å². The monoisotopic (exact) mass is 551 g/mol. The third-order valence-electron chi connectivity index (χ3n) is 5.78. The van der Waals surface area contributed by atoms with Crippen LogP contribution in [0.4, 0.5) is 15.2 Å². The Morgan fingerprint density at radius 3 is 2.72 bits per heavy atom. The SMILES string of the molecule is COCCS(=O)(=O)c1ccc(CC(=O)N(C)c2nc3c(s2)C(=O)N(c2ccccc2Cl)CC3)c(F)c1. The second-order valence-corrected chi connectivity index (χ2v) is 11.6. The number of para-hydroxylation sites is 1. The molecule has 12 heteroatoms. The lowest BCUT2D eigenvalue weighted by atomic mass is 10.1. The number of aromatic nitrogens is 1. The molecule has 3 aromatic rings. The predicted molar refractivity (Wildman–Crippen MR) is 136 cm³/mol. The van der Waals surface area contributed by atoms with Crippen molar-refractivity contribution in [3.8, 4) is 0 Å². The van der Waals surface area contributed by atoms with Crippen molar-refractivity contribution in [1.29, 1.82) is 0 Å². The average molecular weight is 552 g/mol. The molecule has 2 amide bonds. The van der Waals surface area contributed by atoms with Crippen molar-refractivity contribution >= 4 is 55.4 Å². The number of thiazole rings is 1. The molecule has 4 rings (SSSR count). The summed E-state index contributed by atoms with van der Waals surface area (Å²) in [5.41, 5.74) is 1.26. The van der Waals surface area contributed by atoms with E-state index in [-0.39, 0.29) is 35.1 Å². The first-order valence-electron chi connectivity index (χ1n) is 10.9. The van der Waals surface area contributed by atoms with E-state index in [1.165, 1.54) is 31.2 Å². The van der Waals surface area contributed by atoms with E-state index < -0.39 is 21.6 Å². The highest BCUT2D eigenvalue weighted by Gasteiger charge is 2.31. The fourth-order valence-electron chi connectivity index (χ4n) is 3.73. The highest BCUT2D eigenvalue weighted by atomic mass is 35.5. The van der Waals surface area contributed by atoms with Gasteiger partial charge in [0.2, 0.25) is 5.91 Å². The normalized spacial score (nSPS) is 13.6. The number of carbonyl (C=O) groups is 2. The summed E-state index contributed by atoms with van der Waals surface area (Å²) < 4.78 is 44.0. The minimum Gasteiger partial charge on any atom is -0.384 e. The van der Waals surface area contributed by atoms with Gasteiger partial charge < -0.3 is 9.64 Å². The van der Waals surface area contributed by atoms with Gasteiger partial charge >= 0.3 is 0 Å². The minimum atomic E-state index is -3.70. The number of rotatable bonds is 8. The minimum absolute atomic E-state index is 0.00851. The fraction of sp³-hybridized carbons (Fsp3) is 0.292. The van der Waals surface area contributed by atoms with Gasteiger partial charge in [0.05, 0.1) is 40.1 Å². The van der Waals surface area contributed by atoms with Crippen LogP contribution in [0.3, 0.4) is 0 Å². The summed E-state index contributed by atoms with van der Waals surface area (Å²) in [7, 11) is -0.813. The van der Waals surface area contributed by atoms with E-state index in [1.807, 2.05) is 0 Å². The van der Waals surface area contributed by atoms with Crippen LogP contribution >= 0.6 is 22.9 Å². The van der Waals surface area contributed by atoms with Crippen LogP contribution in [0.2, 0.25) is 5.02 Å². The Morgan fingerprint density at radius 1 is 1.28 bits per heavy atom. The highest BCUT2D eigenvalue weighted by Crippen LogP contribution is 2.35. The van der Waals surface area contributed by atoms with E-state index in [4.69, 9.17) is 16.3 Å². The van der Waals surface area contributed by atoms with Gasteiger partial charge in [-0.05, 0) is 29.8 Å². The van der Waals surface area contributed by atoms with Crippen LogP contribution in [0.15, 0.2) is 47.4 Å². The predicted octanol–water partition coefficient (Wildman–Crippen LogP) is 3.76. The molecule has 0 aliphatic carbocycles. The topological polar surface area (TPSA) is 96.9 Å². The molecule has 2 heterocycles. The van der Waals surface area contributed by atoms with Gasteiger partial charge in [0, 0.05) is 27.1 Å². The molecule has 2 aromatic carbocycles. The largest absolute Gasteiger partial charge is 0.384 e. The number of fused-ring (bicyclic) bond motifs is 1. The Hall–Kier alpha value is -2.86. The van der Waals surface area contributed by atoms with Gasteiger partial charge in [0.25, 0.3) is 5.91 Å². The standard InChI is InChI=1S/C24H23ClFN3O5S2/c1-28(21(30)13-15-7-8-16(14-18(15)26)36(32,33)12-11-34-2)24-27-19-9-10-29(23(31)22(19)35-24)20-6-4-3-5-17(20)25/h3-8,14H,9-13H2,1-2H3. The van der Waals surface area contributed by atoms with Gasteiger partial charge in [0.1, 0.15) is 10.7 Å². The zero-order valence-electron chi connectivity index (χ0n) is 19.5. The van der Waals surface area contributed by atoms with Crippen molar-refractivity contribution in [3.05, 3.63) is 69.4 Å². The lowest BCUT2D eigenvalue weighted by molar-refractivity contribution is -0.117. The van der Waals surface area contributed by atoms with E-state index in [0.29, 0.717) is 39.4 Å². The molecule has 0 radical (unpaired) electrons. The third-order valence-corrected chi connectivity index (χ3v) is 8.94. The molecule has 0 atom stereocenters. The number of benzene rings is 2. The first kappa shape index (κ1) is 26.2. The Morgan fingerprint density at radius 2 is 2.03 bits per heavy atom. The summed E-state index contributed by atoms with van der Waals surface area (Å²) >= 11 is 7.35. The number of ether oxygens (including phenoxy) is 1. The lowest BCUT2D eigenvalue weighted by Crippen LogP contribution is -2.37. The van der Waals surface area contributed by atoms with E-state index in [2.05, 4.69) is 4.98 Å². The number of hydrogen-bond donors (Lipinski definition) is 0. The van der Waals surface area contributed by atoms with Gasteiger partial charge in [-0.15, -0.1) is 0 Å². The van der Waals surface area contributed by atoms with Gasteiger partial charge in [-0.3, -0.25) is 14.5 Å². The fourth-order valence-corrected chi connectivity index (χ4v) is 6.18. The maximum atomic E-state index is 14.7. The Bertz CT molecular complexity index is 1430. The number of anilines is 2. The maximum Gasteiger partial charge on any atom is 0.270 e. The van der Waals surface area contributed by atoms with Crippen molar-refractivity contribution < 1.29 is 27.1 Å². The van der Waals surface area contributed by atoms with Crippen LogP contribution < -0.4 is 9.80 Å². The summed E-state index contributed by atoms with van der Waals surface area (Å²) in [5, 5.41) is 0.782. The van der Waals surface area contributed by atoms with Gasteiger partial charge in [-0.2, -0.15) is 0 Å². The molecule has 8 nitrogen and oxygen atoms in total. The molecule has 1 aromatic heterocycles. The number of amides is 2. The molecule has 0 N–H and O–H groups in total. The van der Waals surface area contributed by atoms with Crippen LogP contribution in [0.1, 0.15) is 20.9 Å². The molecule has 1 aliphatic rings. The van der Waals surface area contributed by atoms with Crippen LogP contribution in [-0.4, -0.2) is 58.3 Å². The van der Waals surface area contributed by atoms with Crippen LogP contribution in [0, 0.1) is 5.82 Å². The molecule has 0 unspecified atom stereocenters. The molecule has 0 saturated heterocycles. The summed E-state index contributed by atoms with van der Waals surface area (Å²) in [5.74, 6) is -1.76. The van der Waals surface area contributed by atoms with Crippen molar-refractivity contribution in [2.24, 2.45) is 0 Å². The Balaban J connectivity index is 1.49. The van der Waals surface area contributed by atoms with Gasteiger partial charge in [0.15, 0.2) is 15.0 Å². The van der Waals surface area contributed by atoms with Crippen molar-refractivity contribution in [3.63, 3.8) is 0 Å². The number of methoxy groups -OCH3 is 1.